The van der Waals surface area contributed by atoms with Gasteiger partial charge in [-0.15, -0.1) is 24.0 Å². The van der Waals surface area contributed by atoms with Gasteiger partial charge in [-0.1, -0.05) is 18.2 Å². The van der Waals surface area contributed by atoms with Crippen LogP contribution in [0.15, 0.2) is 35.3 Å². The zero-order valence-electron chi connectivity index (χ0n) is 16.5. The molecule has 1 saturated heterocycles. The van der Waals surface area contributed by atoms with E-state index in [1.54, 1.807) is 7.05 Å². The summed E-state index contributed by atoms with van der Waals surface area (Å²) in [7, 11) is 1.78. The smallest absolute Gasteiger partial charge is 0.191 e. The maximum atomic E-state index is 5.85. The van der Waals surface area contributed by atoms with Crippen molar-refractivity contribution >= 4 is 29.9 Å². The highest BCUT2D eigenvalue weighted by Crippen LogP contribution is 2.14. The Kier molecular flexibility index (Phi) is 13.3. The fraction of sp³-hybridized carbons (Fsp3) is 0.650. The minimum atomic E-state index is 0. The van der Waals surface area contributed by atoms with E-state index in [2.05, 4.69) is 15.6 Å². The van der Waals surface area contributed by atoms with Crippen molar-refractivity contribution in [3.05, 3.63) is 30.3 Å². The molecule has 2 N–H and O–H groups in total. The minimum Gasteiger partial charge on any atom is -0.489 e. The van der Waals surface area contributed by atoms with E-state index in [9.17, 15) is 0 Å². The summed E-state index contributed by atoms with van der Waals surface area (Å²) in [6.45, 7) is 6.95. The lowest BCUT2D eigenvalue weighted by Gasteiger charge is -2.21. The third-order valence-corrected chi connectivity index (χ3v) is 4.31. The van der Waals surface area contributed by atoms with Crippen LogP contribution in [0.25, 0.3) is 0 Å². The first-order chi connectivity index (χ1) is 12.8. The summed E-state index contributed by atoms with van der Waals surface area (Å²) in [5.41, 5.74) is 0. The molecule has 0 aliphatic carbocycles. The average molecular weight is 491 g/mol. The van der Waals surface area contributed by atoms with Crippen molar-refractivity contribution in [3.63, 3.8) is 0 Å². The number of ether oxygens (including phenoxy) is 3. The van der Waals surface area contributed by atoms with Gasteiger partial charge in [0.15, 0.2) is 5.96 Å². The minimum absolute atomic E-state index is 0. The Morgan fingerprint density at radius 3 is 2.67 bits per heavy atom. The van der Waals surface area contributed by atoms with E-state index in [1.165, 1.54) is 0 Å². The Balaban J connectivity index is 0.00000364. The van der Waals surface area contributed by atoms with Crippen LogP contribution in [0.2, 0.25) is 0 Å². The van der Waals surface area contributed by atoms with Crippen LogP contribution >= 0.6 is 24.0 Å². The molecule has 2 rings (SSSR count). The zero-order valence-corrected chi connectivity index (χ0v) is 18.8. The third kappa shape index (κ3) is 10.8. The van der Waals surface area contributed by atoms with Gasteiger partial charge in [0.2, 0.25) is 0 Å². The van der Waals surface area contributed by atoms with E-state index in [4.69, 9.17) is 14.2 Å². The molecule has 0 spiro atoms. The Hall–Kier alpha value is -1.06. The molecule has 1 unspecified atom stereocenters. The third-order valence-electron chi connectivity index (χ3n) is 4.31. The summed E-state index contributed by atoms with van der Waals surface area (Å²) in [6.07, 6.45) is 3.26. The number of hydrogen-bond donors (Lipinski definition) is 2. The molecule has 1 aromatic rings. The highest BCUT2D eigenvalue weighted by molar-refractivity contribution is 14.0. The number of aliphatic imine (C=N–C) groups is 1. The predicted molar refractivity (Wildman–Crippen MR) is 120 cm³/mol. The lowest BCUT2D eigenvalue weighted by Crippen LogP contribution is -2.42. The fourth-order valence-corrected chi connectivity index (χ4v) is 2.78. The van der Waals surface area contributed by atoms with Crippen molar-refractivity contribution in [2.24, 2.45) is 10.9 Å². The van der Waals surface area contributed by atoms with E-state index in [1.807, 2.05) is 37.3 Å². The van der Waals surface area contributed by atoms with Gasteiger partial charge in [0.1, 0.15) is 11.9 Å². The summed E-state index contributed by atoms with van der Waals surface area (Å²) >= 11 is 0. The number of nitrogens with zero attached hydrogens (tertiary/aromatic N) is 1. The normalized spacial score (nSPS) is 16.3. The molecule has 7 heteroatoms. The van der Waals surface area contributed by atoms with E-state index < -0.39 is 0 Å². The molecular weight excluding hydrogens is 457 g/mol. The molecule has 1 heterocycles. The summed E-state index contributed by atoms with van der Waals surface area (Å²) in [4.78, 5) is 4.24. The topological polar surface area (TPSA) is 64.1 Å². The van der Waals surface area contributed by atoms with Gasteiger partial charge in [-0.3, -0.25) is 4.99 Å². The lowest BCUT2D eigenvalue weighted by atomic mass is 10.0. The summed E-state index contributed by atoms with van der Waals surface area (Å²) in [6, 6.07) is 9.85. The van der Waals surface area contributed by atoms with E-state index >= 15 is 0 Å². The first-order valence-corrected chi connectivity index (χ1v) is 9.59. The van der Waals surface area contributed by atoms with Crippen LogP contribution in [0.1, 0.15) is 26.2 Å². The van der Waals surface area contributed by atoms with Gasteiger partial charge >= 0.3 is 0 Å². The average Bonchev–Trinajstić information content (AvgIpc) is 2.68. The van der Waals surface area contributed by atoms with Crippen LogP contribution < -0.4 is 15.4 Å². The van der Waals surface area contributed by atoms with Crippen LogP contribution in [0.4, 0.5) is 0 Å². The number of benzene rings is 1. The predicted octanol–water partition coefficient (Wildman–Crippen LogP) is 3.07. The maximum Gasteiger partial charge on any atom is 0.191 e. The van der Waals surface area contributed by atoms with E-state index in [0.717, 1.165) is 63.9 Å². The molecule has 0 saturated carbocycles. The largest absolute Gasteiger partial charge is 0.489 e. The van der Waals surface area contributed by atoms with Gasteiger partial charge in [-0.05, 0) is 44.2 Å². The first-order valence-electron chi connectivity index (χ1n) is 9.59. The van der Waals surface area contributed by atoms with Crippen LogP contribution in [0, 0.1) is 5.92 Å². The highest BCUT2D eigenvalue weighted by Gasteiger charge is 2.13. The maximum absolute atomic E-state index is 5.85. The molecule has 6 nitrogen and oxygen atoms in total. The SMILES string of the molecule is CN=C(NCCCOCC1CCOCC1)NCC(C)Oc1ccccc1.I. The van der Waals surface area contributed by atoms with Gasteiger partial charge in [-0.2, -0.15) is 0 Å². The molecule has 27 heavy (non-hydrogen) atoms. The monoisotopic (exact) mass is 491 g/mol. The number of nitrogens with one attached hydrogen (secondary N) is 2. The van der Waals surface area contributed by atoms with Gasteiger partial charge < -0.3 is 24.8 Å². The quantitative estimate of drug-likeness (QED) is 0.228. The van der Waals surface area contributed by atoms with Crippen molar-refractivity contribution in [1.29, 1.82) is 0 Å². The molecule has 0 bridgehead atoms. The van der Waals surface area contributed by atoms with Crippen LogP contribution in [0.3, 0.4) is 0 Å². The lowest BCUT2D eigenvalue weighted by molar-refractivity contribution is 0.0203. The number of hydrogen-bond acceptors (Lipinski definition) is 4. The molecule has 0 radical (unpaired) electrons. The number of halogens is 1. The van der Waals surface area contributed by atoms with Crippen molar-refractivity contribution in [3.8, 4) is 5.75 Å². The first kappa shape index (κ1) is 24.0. The van der Waals surface area contributed by atoms with Crippen LogP contribution in [0.5, 0.6) is 5.75 Å². The molecule has 154 valence electrons. The molecule has 1 aliphatic heterocycles. The van der Waals surface area contributed by atoms with Crippen molar-refractivity contribution in [2.75, 3.05) is 46.6 Å². The molecule has 0 amide bonds. The van der Waals surface area contributed by atoms with E-state index in [-0.39, 0.29) is 30.1 Å². The van der Waals surface area contributed by atoms with Crippen LogP contribution in [-0.2, 0) is 9.47 Å². The van der Waals surface area contributed by atoms with Gasteiger partial charge in [0, 0.05) is 40.0 Å². The molecule has 1 atom stereocenters. The molecule has 1 aromatic carbocycles. The van der Waals surface area contributed by atoms with E-state index in [0.29, 0.717) is 12.5 Å². The molecule has 1 aliphatic rings. The van der Waals surface area contributed by atoms with Crippen molar-refractivity contribution < 1.29 is 14.2 Å². The summed E-state index contributed by atoms with van der Waals surface area (Å²) in [5.74, 6) is 2.33. The standard InChI is InChI=1S/C20H33N3O3.HI/c1-17(26-19-7-4-3-5-8-19)15-23-20(21-2)22-11-6-12-25-16-18-9-13-24-14-10-18;/h3-5,7-8,17-18H,6,9-16H2,1-2H3,(H2,21,22,23);1H. The van der Waals surface area contributed by atoms with Crippen molar-refractivity contribution in [1.82, 2.24) is 10.6 Å². The number of rotatable bonds is 10. The second-order valence-electron chi connectivity index (χ2n) is 6.61. The Labute approximate surface area is 180 Å². The summed E-state index contributed by atoms with van der Waals surface area (Å²) < 4.78 is 17.0. The second kappa shape index (κ2) is 14.9. The zero-order chi connectivity index (χ0) is 18.5. The Bertz CT molecular complexity index is 510. The number of guanidine groups is 1. The molecular formula is C20H34IN3O3. The van der Waals surface area contributed by atoms with Crippen molar-refractivity contribution in [2.45, 2.75) is 32.3 Å². The van der Waals surface area contributed by atoms with Gasteiger partial charge in [-0.25, -0.2) is 0 Å². The van der Waals surface area contributed by atoms with Gasteiger partial charge in [0.25, 0.3) is 0 Å². The Morgan fingerprint density at radius 1 is 1.22 bits per heavy atom. The Morgan fingerprint density at radius 2 is 1.96 bits per heavy atom. The van der Waals surface area contributed by atoms with Crippen LogP contribution in [-0.4, -0.2) is 58.6 Å². The second-order valence-corrected chi connectivity index (χ2v) is 6.61. The fourth-order valence-electron chi connectivity index (χ4n) is 2.78. The summed E-state index contributed by atoms with van der Waals surface area (Å²) in [5, 5.41) is 6.60. The number of para-hydroxylation sites is 1. The highest BCUT2D eigenvalue weighted by atomic mass is 127. The molecule has 0 aromatic heterocycles. The van der Waals surface area contributed by atoms with Gasteiger partial charge in [0.05, 0.1) is 6.54 Å². The molecule has 1 fully saturated rings.